The number of hydrogen-bond acceptors (Lipinski definition) is 7. The number of nitrogens with zero attached hydrogens (tertiary/aromatic N) is 1. The molecule has 2 aliphatic heterocycles. The lowest BCUT2D eigenvalue weighted by Crippen LogP contribution is -2.38. The fourth-order valence-electron chi connectivity index (χ4n) is 6.53. The van der Waals surface area contributed by atoms with Crippen LogP contribution in [0.5, 0.6) is 5.75 Å². The predicted octanol–water partition coefficient (Wildman–Crippen LogP) is 8.23. The number of aliphatic hydroxyl groups is 1. The molecule has 248 valence electrons. The van der Waals surface area contributed by atoms with E-state index < -0.39 is 6.29 Å². The molecule has 1 N–H and O–H groups in total. The van der Waals surface area contributed by atoms with Crippen LogP contribution in [-0.2, 0) is 22.6 Å². The number of imide groups is 1. The fraction of sp³-hybridized carbons (Fsp3) is 0.220. The summed E-state index contributed by atoms with van der Waals surface area (Å²) in [7, 11) is 1.68. The first kappa shape index (κ1) is 32.8. The largest absolute Gasteiger partial charge is 0.496 e. The normalized spacial score (nSPS) is 20.3. The highest BCUT2D eigenvalue weighted by atomic mass is 32.2. The number of thioether (sulfide) groups is 1. The number of para-hydroxylation sites is 1. The Bertz CT molecular complexity index is 1930. The lowest BCUT2D eigenvalue weighted by atomic mass is 9.91. The summed E-state index contributed by atoms with van der Waals surface area (Å²) in [4.78, 5) is 28.6. The number of carbonyl (C=O) groups is 2. The standard InChI is InChI=1S/C41H37NO6S/c1-26-36(25-49-37-14-8-7-13-35(37)46-2)47-41(48-38(26)29-17-15-27(24-43)16-18-29)30-21-19-28(20-22-30)32-10-4-3-9-31(32)23-42-39(44)33-11-5-6-12-34(33)40(42)45/h3-22,26,36,38,41,43H,23-25H2,1-2H3/t26-,36+,38+,41+/m1/s1. The van der Waals surface area contributed by atoms with Gasteiger partial charge in [0.1, 0.15) is 5.75 Å². The summed E-state index contributed by atoms with van der Waals surface area (Å²) in [6.45, 7) is 2.32. The minimum absolute atomic E-state index is 0.0148. The van der Waals surface area contributed by atoms with E-state index in [1.807, 2.05) is 91.0 Å². The predicted molar refractivity (Wildman–Crippen MR) is 189 cm³/mol. The van der Waals surface area contributed by atoms with E-state index >= 15 is 0 Å². The molecule has 5 aromatic carbocycles. The van der Waals surface area contributed by atoms with Crippen LogP contribution in [0, 0.1) is 5.92 Å². The van der Waals surface area contributed by atoms with Crippen molar-refractivity contribution in [3.05, 3.63) is 155 Å². The van der Waals surface area contributed by atoms with Crippen molar-refractivity contribution in [2.24, 2.45) is 5.92 Å². The number of fused-ring (bicyclic) bond motifs is 1. The zero-order valence-corrected chi connectivity index (χ0v) is 28.1. The van der Waals surface area contributed by atoms with Crippen molar-refractivity contribution in [1.82, 2.24) is 4.90 Å². The van der Waals surface area contributed by atoms with Gasteiger partial charge in [-0.25, -0.2) is 0 Å². The molecule has 2 aliphatic rings. The lowest BCUT2D eigenvalue weighted by Gasteiger charge is -2.41. The van der Waals surface area contributed by atoms with Gasteiger partial charge in [0.15, 0.2) is 6.29 Å². The highest BCUT2D eigenvalue weighted by Gasteiger charge is 2.39. The first-order valence-electron chi connectivity index (χ1n) is 16.3. The summed E-state index contributed by atoms with van der Waals surface area (Å²) in [6, 6.07) is 38.8. The van der Waals surface area contributed by atoms with Crippen molar-refractivity contribution >= 4 is 23.6 Å². The molecule has 8 heteroatoms. The number of rotatable bonds is 10. The molecule has 2 amide bonds. The zero-order valence-electron chi connectivity index (χ0n) is 27.3. The molecule has 0 radical (unpaired) electrons. The van der Waals surface area contributed by atoms with E-state index in [2.05, 4.69) is 13.0 Å². The van der Waals surface area contributed by atoms with Gasteiger partial charge in [-0.05, 0) is 52.1 Å². The number of aliphatic hydroxyl groups excluding tert-OH is 1. The lowest BCUT2D eigenvalue weighted by molar-refractivity contribution is -0.268. The monoisotopic (exact) mass is 671 g/mol. The van der Waals surface area contributed by atoms with Crippen LogP contribution in [-0.4, -0.2) is 40.8 Å². The Morgan fingerprint density at radius 2 is 1.35 bits per heavy atom. The van der Waals surface area contributed by atoms with Crippen molar-refractivity contribution in [2.45, 2.75) is 43.5 Å². The summed E-state index contributed by atoms with van der Waals surface area (Å²) >= 11 is 1.70. The molecular weight excluding hydrogens is 635 g/mol. The fourth-order valence-corrected chi connectivity index (χ4v) is 7.73. The molecule has 0 saturated carbocycles. The summed E-state index contributed by atoms with van der Waals surface area (Å²) < 4.78 is 19.0. The van der Waals surface area contributed by atoms with Crippen LogP contribution >= 0.6 is 11.8 Å². The maximum absolute atomic E-state index is 13.1. The maximum Gasteiger partial charge on any atom is 0.261 e. The Kier molecular flexibility index (Phi) is 9.64. The van der Waals surface area contributed by atoms with Crippen molar-refractivity contribution in [3.63, 3.8) is 0 Å². The van der Waals surface area contributed by atoms with Crippen LogP contribution in [0.1, 0.15) is 62.3 Å². The number of benzene rings is 5. The Morgan fingerprint density at radius 1 is 0.735 bits per heavy atom. The van der Waals surface area contributed by atoms with E-state index in [0.29, 0.717) is 16.9 Å². The average molecular weight is 672 g/mol. The Balaban J connectivity index is 1.13. The molecule has 0 bridgehead atoms. The molecular formula is C41H37NO6S. The van der Waals surface area contributed by atoms with Gasteiger partial charge >= 0.3 is 0 Å². The second-order valence-corrected chi connectivity index (χ2v) is 13.4. The third-order valence-corrected chi connectivity index (χ3v) is 10.5. The van der Waals surface area contributed by atoms with Crippen LogP contribution in [0.25, 0.3) is 11.1 Å². The van der Waals surface area contributed by atoms with Gasteiger partial charge in [0, 0.05) is 22.1 Å². The van der Waals surface area contributed by atoms with Gasteiger partial charge in [0.2, 0.25) is 0 Å². The Labute approximate surface area is 290 Å². The SMILES string of the molecule is COc1ccccc1SC[C@@H]1O[C@H](c2ccc(-c3ccccc3CN3C(=O)c4ccccc4C3=O)cc2)O[C@H](c2ccc(CO)cc2)[C@@H]1C. The minimum atomic E-state index is -0.607. The summed E-state index contributed by atoms with van der Waals surface area (Å²) in [5.41, 5.74) is 6.43. The highest BCUT2D eigenvalue weighted by Crippen LogP contribution is 2.44. The molecule has 49 heavy (non-hydrogen) atoms. The van der Waals surface area contributed by atoms with Crippen molar-refractivity contribution in [1.29, 1.82) is 0 Å². The first-order valence-corrected chi connectivity index (χ1v) is 17.3. The highest BCUT2D eigenvalue weighted by molar-refractivity contribution is 7.99. The van der Waals surface area contributed by atoms with E-state index in [-0.39, 0.29) is 43.1 Å². The van der Waals surface area contributed by atoms with E-state index in [1.54, 1.807) is 43.1 Å². The van der Waals surface area contributed by atoms with Crippen molar-refractivity contribution in [3.8, 4) is 16.9 Å². The average Bonchev–Trinajstić information content (AvgIpc) is 3.39. The van der Waals surface area contributed by atoms with Crippen LogP contribution in [0.15, 0.2) is 126 Å². The molecule has 0 aliphatic carbocycles. The summed E-state index contributed by atoms with van der Waals surface area (Å²) in [5.74, 6) is 1.04. The molecule has 0 spiro atoms. The minimum Gasteiger partial charge on any atom is -0.496 e. The van der Waals surface area contributed by atoms with Gasteiger partial charge in [-0.15, -0.1) is 11.8 Å². The third kappa shape index (κ3) is 6.65. The molecule has 1 saturated heterocycles. The molecule has 0 aromatic heterocycles. The number of methoxy groups -OCH3 is 1. The number of carbonyl (C=O) groups excluding carboxylic acids is 2. The molecule has 5 aromatic rings. The molecule has 1 fully saturated rings. The number of ether oxygens (including phenoxy) is 3. The molecule has 0 unspecified atom stereocenters. The van der Waals surface area contributed by atoms with E-state index in [0.717, 1.165) is 44.0 Å². The van der Waals surface area contributed by atoms with E-state index in [1.165, 1.54) is 4.90 Å². The zero-order chi connectivity index (χ0) is 33.9. The summed E-state index contributed by atoms with van der Waals surface area (Å²) in [6.07, 6.45) is -0.962. The van der Waals surface area contributed by atoms with E-state index in [4.69, 9.17) is 14.2 Å². The second-order valence-electron chi connectivity index (χ2n) is 12.3. The Morgan fingerprint density at radius 3 is 2.02 bits per heavy atom. The molecule has 4 atom stereocenters. The first-order chi connectivity index (χ1) is 23.9. The molecule has 7 rings (SSSR count). The topological polar surface area (TPSA) is 85.3 Å². The molecule has 7 nitrogen and oxygen atoms in total. The third-order valence-electron chi connectivity index (χ3n) is 9.31. The Hall–Kier alpha value is -4.73. The van der Waals surface area contributed by atoms with Crippen LogP contribution in [0.4, 0.5) is 0 Å². The van der Waals surface area contributed by atoms with Crippen molar-refractivity contribution < 1.29 is 28.9 Å². The van der Waals surface area contributed by atoms with Gasteiger partial charge in [-0.1, -0.05) is 104 Å². The number of amides is 2. The van der Waals surface area contributed by atoms with E-state index in [9.17, 15) is 14.7 Å². The number of hydrogen-bond donors (Lipinski definition) is 1. The van der Waals surface area contributed by atoms with Crippen LogP contribution in [0.2, 0.25) is 0 Å². The second kappa shape index (κ2) is 14.4. The van der Waals surface area contributed by atoms with Crippen molar-refractivity contribution in [2.75, 3.05) is 12.9 Å². The maximum atomic E-state index is 13.1. The summed E-state index contributed by atoms with van der Waals surface area (Å²) in [5, 5.41) is 9.60. The van der Waals surface area contributed by atoms with Crippen LogP contribution < -0.4 is 4.74 Å². The van der Waals surface area contributed by atoms with Gasteiger partial charge in [0.25, 0.3) is 11.8 Å². The quantitative estimate of drug-likeness (QED) is 0.118. The van der Waals surface area contributed by atoms with Gasteiger partial charge in [-0.3, -0.25) is 14.5 Å². The smallest absolute Gasteiger partial charge is 0.261 e. The van der Waals surface area contributed by atoms with Gasteiger partial charge in [-0.2, -0.15) is 0 Å². The molecule has 2 heterocycles. The van der Waals surface area contributed by atoms with Gasteiger partial charge < -0.3 is 19.3 Å². The van der Waals surface area contributed by atoms with Gasteiger partial charge in [0.05, 0.1) is 43.6 Å². The van der Waals surface area contributed by atoms with Crippen LogP contribution in [0.3, 0.4) is 0 Å².